The summed E-state index contributed by atoms with van der Waals surface area (Å²) in [6.07, 6.45) is 2.01. The third-order valence-corrected chi connectivity index (χ3v) is 4.73. The van der Waals surface area contributed by atoms with E-state index in [1.165, 1.54) is 0 Å². The lowest BCUT2D eigenvalue weighted by atomic mass is 10.1. The van der Waals surface area contributed by atoms with Gasteiger partial charge in [0.15, 0.2) is 0 Å². The van der Waals surface area contributed by atoms with Crippen LogP contribution in [0.4, 0.5) is 11.4 Å². The first-order chi connectivity index (χ1) is 13.9. The van der Waals surface area contributed by atoms with Crippen molar-refractivity contribution in [3.05, 3.63) is 63.7 Å². The normalized spacial score (nSPS) is 16.4. The van der Waals surface area contributed by atoms with Gasteiger partial charge in [0.25, 0.3) is 5.69 Å². The Morgan fingerprint density at radius 2 is 2.03 bits per heavy atom. The van der Waals surface area contributed by atoms with Gasteiger partial charge in [-0.1, -0.05) is 30.9 Å². The molecule has 2 aromatic rings. The van der Waals surface area contributed by atoms with E-state index in [4.69, 9.17) is 0 Å². The topological polar surface area (TPSA) is 128 Å². The number of benzene rings is 2. The molecule has 0 unspecified atom stereocenters. The number of carbonyl (C=O) groups is 2. The molecule has 1 aliphatic rings. The van der Waals surface area contributed by atoms with Crippen molar-refractivity contribution in [2.45, 2.75) is 19.8 Å². The Bertz CT molecular complexity index is 971. The number of nitrogens with zero attached hydrogens (tertiary/aromatic N) is 3. The molecule has 2 aromatic carbocycles. The number of aryl methyl sites for hydroxylation is 1. The molecule has 0 bridgehead atoms. The van der Waals surface area contributed by atoms with E-state index in [1.54, 1.807) is 4.90 Å². The van der Waals surface area contributed by atoms with Crippen LogP contribution in [-0.2, 0) is 16.0 Å². The first-order valence-electron chi connectivity index (χ1n) is 9.06. The fourth-order valence-electron chi connectivity index (χ4n) is 3.05. The van der Waals surface area contributed by atoms with Crippen LogP contribution in [0, 0.1) is 16.0 Å². The molecule has 2 amide bonds. The molecule has 1 atom stereocenters. The van der Waals surface area contributed by atoms with E-state index in [0.29, 0.717) is 0 Å². The Kier molecular flexibility index (Phi) is 5.87. The molecule has 1 heterocycles. The van der Waals surface area contributed by atoms with Crippen LogP contribution in [0.5, 0.6) is 5.75 Å². The number of nitro groups is 1. The van der Waals surface area contributed by atoms with Crippen molar-refractivity contribution >= 4 is 29.4 Å². The largest absolute Gasteiger partial charge is 0.872 e. The Morgan fingerprint density at radius 1 is 1.31 bits per heavy atom. The van der Waals surface area contributed by atoms with Gasteiger partial charge in [-0.05, 0) is 29.7 Å². The van der Waals surface area contributed by atoms with Crippen molar-refractivity contribution in [1.82, 2.24) is 5.43 Å². The van der Waals surface area contributed by atoms with Crippen LogP contribution >= 0.6 is 0 Å². The molecular formula is C20H19N4O5-. The van der Waals surface area contributed by atoms with E-state index in [9.17, 15) is 24.8 Å². The van der Waals surface area contributed by atoms with Gasteiger partial charge in [0.1, 0.15) is 0 Å². The monoisotopic (exact) mass is 395 g/mol. The van der Waals surface area contributed by atoms with Gasteiger partial charge in [0, 0.05) is 30.8 Å². The van der Waals surface area contributed by atoms with E-state index < -0.39 is 22.5 Å². The second-order valence-electron chi connectivity index (χ2n) is 6.64. The lowest BCUT2D eigenvalue weighted by molar-refractivity contribution is -0.385. The first-order valence-corrected chi connectivity index (χ1v) is 9.06. The van der Waals surface area contributed by atoms with Crippen LogP contribution in [0.3, 0.4) is 0 Å². The Hall–Kier alpha value is -3.75. The zero-order valence-corrected chi connectivity index (χ0v) is 15.7. The number of nitro benzene ring substituents is 1. The SMILES string of the molecule is CCc1ccc(N2C[C@H](C(=O)N/N=C\c3cc([N+](=O)[O-])ccc3[O-])CC2=O)cc1. The highest BCUT2D eigenvalue weighted by atomic mass is 16.6. The van der Waals surface area contributed by atoms with Gasteiger partial charge in [-0.25, -0.2) is 5.43 Å². The Labute approximate surface area is 166 Å². The number of carbonyl (C=O) groups excluding carboxylic acids is 2. The molecule has 1 saturated heterocycles. The molecule has 0 aliphatic carbocycles. The third kappa shape index (κ3) is 4.57. The number of amides is 2. The highest BCUT2D eigenvalue weighted by molar-refractivity contribution is 6.00. The van der Waals surface area contributed by atoms with E-state index in [0.717, 1.165) is 42.1 Å². The van der Waals surface area contributed by atoms with E-state index in [2.05, 4.69) is 10.5 Å². The van der Waals surface area contributed by atoms with Crippen molar-refractivity contribution in [2.24, 2.45) is 11.0 Å². The summed E-state index contributed by atoms with van der Waals surface area (Å²) in [5.74, 6) is -1.65. The molecular weight excluding hydrogens is 376 g/mol. The summed E-state index contributed by atoms with van der Waals surface area (Å²) in [6, 6.07) is 10.8. The molecule has 3 rings (SSSR count). The zero-order valence-electron chi connectivity index (χ0n) is 15.7. The Balaban J connectivity index is 1.63. The van der Waals surface area contributed by atoms with Crippen LogP contribution in [0.1, 0.15) is 24.5 Å². The lowest BCUT2D eigenvalue weighted by Crippen LogP contribution is -2.30. The number of non-ortho nitro benzene ring substituents is 1. The summed E-state index contributed by atoms with van der Waals surface area (Å²) in [4.78, 5) is 36.3. The molecule has 29 heavy (non-hydrogen) atoms. The minimum Gasteiger partial charge on any atom is -0.872 e. The molecule has 150 valence electrons. The minimum absolute atomic E-state index is 0.0142. The van der Waals surface area contributed by atoms with E-state index >= 15 is 0 Å². The van der Waals surface area contributed by atoms with Crippen molar-refractivity contribution in [2.75, 3.05) is 11.4 Å². The summed E-state index contributed by atoms with van der Waals surface area (Å²) in [6.45, 7) is 2.27. The van der Waals surface area contributed by atoms with Gasteiger partial charge in [0.2, 0.25) is 11.8 Å². The maximum atomic E-state index is 12.3. The van der Waals surface area contributed by atoms with Gasteiger partial charge in [0.05, 0.1) is 17.1 Å². The number of anilines is 1. The maximum Gasteiger partial charge on any atom is 0.270 e. The molecule has 9 heteroatoms. The van der Waals surface area contributed by atoms with Crippen molar-refractivity contribution in [1.29, 1.82) is 0 Å². The molecule has 9 nitrogen and oxygen atoms in total. The minimum atomic E-state index is -0.624. The summed E-state index contributed by atoms with van der Waals surface area (Å²) in [7, 11) is 0. The predicted octanol–water partition coefficient (Wildman–Crippen LogP) is 1.73. The second-order valence-corrected chi connectivity index (χ2v) is 6.64. The van der Waals surface area contributed by atoms with Crippen LogP contribution in [0.15, 0.2) is 47.6 Å². The van der Waals surface area contributed by atoms with Gasteiger partial charge in [-0.15, -0.1) is 0 Å². The highest BCUT2D eigenvalue weighted by Crippen LogP contribution is 2.25. The quantitative estimate of drug-likeness (QED) is 0.453. The van der Waals surface area contributed by atoms with Gasteiger partial charge < -0.3 is 10.0 Å². The van der Waals surface area contributed by atoms with E-state index in [1.807, 2.05) is 31.2 Å². The van der Waals surface area contributed by atoms with Gasteiger partial charge >= 0.3 is 0 Å². The summed E-state index contributed by atoms with van der Waals surface area (Å²) < 4.78 is 0. The number of nitrogens with one attached hydrogen (secondary N) is 1. The Morgan fingerprint density at radius 3 is 2.69 bits per heavy atom. The fourth-order valence-corrected chi connectivity index (χ4v) is 3.05. The predicted molar refractivity (Wildman–Crippen MR) is 105 cm³/mol. The highest BCUT2D eigenvalue weighted by Gasteiger charge is 2.35. The van der Waals surface area contributed by atoms with Crippen LogP contribution < -0.4 is 15.4 Å². The van der Waals surface area contributed by atoms with Crippen LogP contribution in [-0.4, -0.2) is 29.5 Å². The van der Waals surface area contributed by atoms with Crippen LogP contribution in [0.2, 0.25) is 0 Å². The molecule has 0 spiro atoms. The zero-order chi connectivity index (χ0) is 21.0. The molecule has 1 N–H and O–H groups in total. The van der Waals surface area contributed by atoms with Gasteiger partial charge in [-0.2, -0.15) is 5.10 Å². The third-order valence-electron chi connectivity index (χ3n) is 4.73. The summed E-state index contributed by atoms with van der Waals surface area (Å²) in [5, 5.41) is 26.2. The fraction of sp³-hybridized carbons (Fsp3) is 0.250. The number of hydrogen-bond acceptors (Lipinski definition) is 6. The van der Waals surface area contributed by atoms with Crippen molar-refractivity contribution in [3.63, 3.8) is 0 Å². The van der Waals surface area contributed by atoms with Crippen molar-refractivity contribution in [3.8, 4) is 5.75 Å². The molecule has 0 aromatic heterocycles. The molecule has 0 saturated carbocycles. The first kappa shape index (κ1) is 20.0. The second kappa shape index (κ2) is 8.51. The summed E-state index contributed by atoms with van der Waals surface area (Å²) in [5.41, 5.74) is 3.93. The van der Waals surface area contributed by atoms with Gasteiger partial charge in [-0.3, -0.25) is 19.7 Å². The van der Waals surface area contributed by atoms with Crippen LogP contribution in [0.25, 0.3) is 0 Å². The number of hydrogen-bond donors (Lipinski definition) is 1. The lowest BCUT2D eigenvalue weighted by Gasteiger charge is -2.16. The number of rotatable bonds is 6. The molecule has 1 fully saturated rings. The molecule has 1 aliphatic heterocycles. The maximum absolute atomic E-state index is 12.3. The standard InChI is InChI=1S/C20H20N4O5/c1-2-13-3-5-16(6-4-13)23-12-15(10-19(23)26)20(27)22-21-11-14-9-17(24(28)29)7-8-18(14)25/h3-9,11,15,25H,2,10,12H2,1H3,(H,22,27)/p-1/b21-11-/t15-/m1/s1. The average Bonchev–Trinajstić information content (AvgIpc) is 3.11. The smallest absolute Gasteiger partial charge is 0.270 e. The van der Waals surface area contributed by atoms with E-state index in [-0.39, 0.29) is 30.1 Å². The average molecular weight is 395 g/mol. The molecule has 0 radical (unpaired) electrons. The number of hydrazone groups is 1. The van der Waals surface area contributed by atoms with Crippen molar-refractivity contribution < 1.29 is 19.6 Å². The summed E-state index contributed by atoms with van der Waals surface area (Å²) >= 11 is 0.